The predicted octanol–water partition coefficient (Wildman–Crippen LogP) is 5.57. The van der Waals surface area contributed by atoms with Gasteiger partial charge in [0.1, 0.15) is 18.1 Å². The summed E-state index contributed by atoms with van der Waals surface area (Å²) < 4.78 is 11.2. The number of methoxy groups -OCH3 is 1. The number of rotatable bonds is 6. The smallest absolute Gasteiger partial charge is 0.122 e. The Morgan fingerprint density at radius 2 is 1.74 bits per heavy atom. The van der Waals surface area contributed by atoms with E-state index in [1.54, 1.807) is 13.3 Å². The van der Waals surface area contributed by atoms with Crippen LogP contribution in [0.5, 0.6) is 11.5 Å². The molecule has 0 aliphatic carbocycles. The van der Waals surface area contributed by atoms with Crippen molar-refractivity contribution < 1.29 is 9.47 Å². The first kappa shape index (κ1) is 16.9. The fourth-order valence-electron chi connectivity index (χ4n) is 2.92. The summed E-state index contributed by atoms with van der Waals surface area (Å²) in [7, 11) is 1.66. The summed E-state index contributed by atoms with van der Waals surface area (Å²) in [5.74, 6) is 1.62. The third-order valence-corrected chi connectivity index (χ3v) is 4.31. The Kier molecular flexibility index (Phi) is 4.88. The largest absolute Gasteiger partial charge is 0.497 e. The average molecular weight is 356 g/mol. The number of ether oxygens (including phenoxy) is 2. The van der Waals surface area contributed by atoms with E-state index in [0.29, 0.717) is 6.61 Å². The van der Waals surface area contributed by atoms with Gasteiger partial charge in [0.25, 0.3) is 0 Å². The lowest BCUT2D eigenvalue weighted by atomic mass is 10.1. The van der Waals surface area contributed by atoms with E-state index in [1.807, 2.05) is 66.7 Å². The van der Waals surface area contributed by atoms with E-state index in [-0.39, 0.29) is 0 Å². The minimum atomic E-state index is 0.536. The number of aromatic nitrogens is 1. The van der Waals surface area contributed by atoms with Crippen molar-refractivity contribution in [1.82, 2.24) is 4.98 Å². The van der Waals surface area contributed by atoms with E-state index in [0.717, 1.165) is 39.3 Å². The van der Waals surface area contributed by atoms with Gasteiger partial charge in [-0.3, -0.25) is 4.98 Å². The Hall–Kier alpha value is -3.53. The van der Waals surface area contributed by atoms with Crippen LogP contribution >= 0.6 is 0 Å². The molecule has 4 rings (SSSR count). The molecule has 3 aromatic carbocycles. The predicted molar refractivity (Wildman–Crippen MR) is 109 cm³/mol. The minimum Gasteiger partial charge on any atom is -0.497 e. The fraction of sp³-hybridized carbons (Fsp3) is 0.0870. The highest BCUT2D eigenvalue weighted by Crippen LogP contribution is 2.29. The van der Waals surface area contributed by atoms with Crippen LogP contribution in [0.1, 0.15) is 5.56 Å². The maximum atomic E-state index is 5.91. The van der Waals surface area contributed by atoms with Crippen molar-refractivity contribution in [3.05, 3.63) is 90.6 Å². The molecule has 0 aliphatic rings. The van der Waals surface area contributed by atoms with E-state index < -0.39 is 0 Å². The van der Waals surface area contributed by atoms with Crippen molar-refractivity contribution in [2.24, 2.45) is 0 Å². The molecule has 0 aliphatic heterocycles. The van der Waals surface area contributed by atoms with Crippen LogP contribution in [0.4, 0.5) is 11.4 Å². The molecule has 1 N–H and O–H groups in total. The Labute approximate surface area is 158 Å². The number of nitrogens with zero attached hydrogens (tertiary/aromatic N) is 1. The van der Waals surface area contributed by atoms with Crippen molar-refractivity contribution in [2.75, 3.05) is 12.4 Å². The topological polar surface area (TPSA) is 43.4 Å². The summed E-state index contributed by atoms with van der Waals surface area (Å²) in [5.41, 5.74) is 3.97. The first-order chi connectivity index (χ1) is 13.3. The average Bonchev–Trinajstić information content (AvgIpc) is 2.73. The van der Waals surface area contributed by atoms with Crippen molar-refractivity contribution in [1.29, 1.82) is 0 Å². The lowest BCUT2D eigenvalue weighted by Gasteiger charge is -2.12. The molecular weight excluding hydrogens is 336 g/mol. The summed E-state index contributed by atoms with van der Waals surface area (Å²) in [6.45, 7) is 0.536. The second-order valence-electron chi connectivity index (χ2n) is 6.17. The molecule has 1 aromatic heterocycles. The zero-order chi connectivity index (χ0) is 18.5. The van der Waals surface area contributed by atoms with E-state index in [9.17, 15) is 0 Å². The number of benzene rings is 3. The van der Waals surface area contributed by atoms with Gasteiger partial charge in [0.2, 0.25) is 0 Å². The molecule has 0 saturated carbocycles. The molecule has 4 heteroatoms. The molecule has 1 heterocycles. The van der Waals surface area contributed by atoms with Gasteiger partial charge < -0.3 is 14.8 Å². The van der Waals surface area contributed by atoms with Crippen LogP contribution < -0.4 is 14.8 Å². The zero-order valence-electron chi connectivity index (χ0n) is 15.1. The monoisotopic (exact) mass is 356 g/mol. The lowest BCUT2D eigenvalue weighted by Crippen LogP contribution is -1.96. The van der Waals surface area contributed by atoms with Gasteiger partial charge >= 0.3 is 0 Å². The maximum absolute atomic E-state index is 5.91. The van der Waals surface area contributed by atoms with Crippen LogP contribution in [0.3, 0.4) is 0 Å². The number of hydrogen-bond donors (Lipinski definition) is 1. The van der Waals surface area contributed by atoms with Crippen molar-refractivity contribution in [2.45, 2.75) is 6.61 Å². The SMILES string of the molecule is COc1cccc(Nc2ccnc3cc(OCc4ccccc4)ccc23)c1. The summed E-state index contributed by atoms with van der Waals surface area (Å²) in [4.78, 5) is 4.49. The highest BCUT2D eigenvalue weighted by molar-refractivity contribution is 5.93. The summed E-state index contributed by atoms with van der Waals surface area (Å²) in [6, 6.07) is 25.9. The number of hydrogen-bond acceptors (Lipinski definition) is 4. The number of pyridine rings is 1. The van der Waals surface area contributed by atoms with Gasteiger partial charge in [-0.25, -0.2) is 0 Å². The van der Waals surface area contributed by atoms with E-state index in [4.69, 9.17) is 9.47 Å². The van der Waals surface area contributed by atoms with Crippen LogP contribution in [-0.2, 0) is 6.61 Å². The highest BCUT2D eigenvalue weighted by atomic mass is 16.5. The zero-order valence-corrected chi connectivity index (χ0v) is 15.1. The van der Waals surface area contributed by atoms with Gasteiger partial charge in [-0.2, -0.15) is 0 Å². The van der Waals surface area contributed by atoms with Gasteiger partial charge in [-0.1, -0.05) is 36.4 Å². The molecule has 0 fully saturated rings. The third kappa shape index (κ3) is 4.01. The molecule has 0 saturated heterocycles. The Bertz CT molecular complexity index is 1050. The van der Waals surface area contributed by atoms with Gasteiger partial charge in [-0.05, 0) is 35.9 Å². The fourth-order valence-corrected chi connectivity index (χ4v) is 2.92. The second-order valence-corrected chi connectivity index (χ2v) is 6.17. The van der Waals surface area contributed by atoms with E-state index in [2.05, 4.69) is 22.4 Å². The standard InChI is InChI=1S/C23H20N2O2/c1-26-19-9-5-8-18(14-19)25-22-12-13-24-23-15-20(10-11-21(22)23)27-16-17-6-3-2-4-7-17/h2-15H,16H2,1H3,(H,24,25). The van der Waals surface area contributed by atoms with Gasteiger partial charge in [-0.15, -0.1) is 0 Å². The van der Waals surface area contributed by atoms with Crippen LogP contribution in [0.25, 0.3) is 10.9 Å². The molecule has 4 nitrogen and oxygen atoms in total. The first-order valence-electron chi connectivity index (χ1n) is 8.78. The minimum absolute atomic E-state index is 0.536. The number of fused-ring (bicyclic) bond motifs is 1. The van der Waals surface area contributed by atoms with Crippen molar-refractivity contribution >= 4 is 22.3 Å². The molecule has 4 aromatic rings. The van der Waals surface area contributed by atoms with Crippen LogP contribution in [0.15, 0.2) is 85.1 Å². The lowest BCUT2D eigenvalue weighted by molar-refractivity contribution is 0.306. The Morgan fingerprint density at radius 3 is 2.59 bits per heavy atom. The second kappa shape index (κ2) is 7.79. The van der Waals surface area contributed by atoms with Crippen molar-refractivity contribution in [3.8, 4) is 11.5 Å². The third-order valence-electron chi connectivity index (χ3n) is 4.31. The molecular formula is C23H20N2O2. The summed E-state index contributed by atoms with van der Waals surface area (Å²) >= 11 is 0. The summed E-state index contributed by atoms with van der Waals surface area (Å²) in [5, 5.41) is 4.47. The van der Waals surface area contributed by atoms with E-state index in [1.165, 1.54) is 0 Å². The van der Waals surface area contributed by atoms with E-state index >= 15 is 0 Å². The van der Waals surface area contributed by atoms with Gasteiger partial charge in [0, 0.05) is 35.1 Å². The van der Waals surface area contributed by atoms with Crippen molar-refractivity contribution in [3.63, 3.8) is 0 Å². The Morgan fingerprint density at radius 1 is 0.852 bits per heavy atom. The Balaban J connectivity index is 1.56. The summed E-state index contributed by atoms with van der Waals surface area (Å²) in [6.07, 6.45) is 1.80. The number of nitrogens with one attached hydrogen (secondary N) is 1. The molecule has 0 spiro atoms. The molecule has 0 atom stereocenters. The quantitative estimate of drug-likeness (QED) is 0.491. The first-order valence-corrected chi connectivity index (χ1v) is 8.78. The maximum Gasteiger partial charge on any atom is 0.122 e. The molecule has 0 bridgehead atoms. The molecule has 27 heavy (non-hydrogen) atoms. The van der Waals surface area contributed by atoms with Gasteiger partial charge in [0.15, 0.2) is 0 Å². The van der Waals surface area contributed by atoms with Gasteiger partial charge in [0.05, 0.1) is 12.6 Å². The van der Waals surface area contributed by atoms with Crippen LogP contribution in [0, 0.1) is 0 Å². The molecule has 0 unspecified atom stereocenters. The molecule has 0 radical (unpaired) electrons. The highest BCUT2D eigenvalue weighted by Gasteiger charge is 2.05. The molecule has 134 valence electrons. The van der Waals surface area contributed by atoms with Crippen LogP contribution in [0.2, 0.25) is 0 Å². The molecule has 0 amide bonds. The normalized spacial score (nSPS) is 10.6. The number of anilines is 2. The van der Waals surface area contributed by atoms with Crippen LogP contribution in [-0.4, -0.2) is 12.1 Å².